The van der Waals surface area contributed by atoms with Crippen LogP contribution in [0.4, 0.5) is 0 Å². The molecule has 0 saturated carbocycles. The van der Waals surface area contributed by atoms with E-state index in [1.807, 2.05) is 20.8 Å². The number of hydrogen-bond acceptors (Lipinski definition) is 9. The van der Waals surface area contributed by atoms with E-state index in [0.717, 1.165) is 44.9 Å². The van der Waals surface area contributed by atoms with E-state index in [0.29, 0.717) is 23.5 Å². The summed E-state index contributed by atoms with van der Waals surface area (Å²) in [6.45, 7) is 10.8. The fraction of sp³-hybridized carbons (Fsp3) is 0.676. The molecule has 1 aliphatic heterocycles. The Morgan fingerprint density at radius 1 is 0.638 bits per heavy atom. The molecule has 0 unspecified atom stereocenters. The number of amides is 2. The normalized spacial score (nSPS) is 13.5. The van der Waals surface area contributed by atoms with Gasteiger partial charge in [-0.15, -0.1) is 5.06 Å². The second kappa shape index (κ2) is 19.3. The van der Waals surface area contributed by atoms with Gasteiger partial charge in [0, 0.05) is 32.1 Å². The zero-order chi connectivity index (χ0) is 35.0. The summed E-state index contributed by atoms with van der Waals surface area (Å²) in [5.74, 6) is -2.96. The first-order valence-electron chi connectivity index (χ1n) is 17.2. The average Bonchev–Trinajstić information content (AvgIpc) is 3.27. The second-order valence-electron chi connectivity index (χ2n) is 14.4. The maximum absolute atomic E-state index is 13.0. The van der Waals surface area contributed by atoms with Crippen LogP contribution < -0.4 is 0 Å². The Morgan fingerprint density at radius 3 is 1.60 bits per heavy atom. The Labute approximate surface area is 280 Å². The second-order valence-corrected chi connectivity index (χ2v) is 14.4. The molecule has 1 aromatic carbocycles. The van der Waals surface area contributed by atoms with Gasteiger partial charge in [0.05, 0.1) is 11.1 Å². The van der Waals surface area contributed by atoms with Crippen LogP contribution in [0.3, 0.4) is 0 Å². The molecular formula is C37H55NO9. The highest BCUT2D eigenvalue weighted by Crippen LogP contribution is 2.22. The molecule has 0 N–H and O–H groups in total. The molecule has 2 amide bonds. The monoisotopic (exact) mass is 657 g/mol. The molecule has 1 heterocycles. The van der Waals surface area contributed by atoms with Crippen LogP contribution in [0.2, 0.25) is 0 Å². The highest BCUT2D eigenvalue weighted by atomic mass is 16.7. The van der Waals surface area contributed by atoms with E-state index in [1.54, 1.807) is 20.8 Å². The summed E-state index contributed by atoms with van der Waals surface area (Å²) in [5.41, 5.74) is -0.735. The number of carbonyl (C=O) groups excluding carboxylic acids is 6. The molecule has 0 radical (unpaired) electrons. The van der Waals surface area contributed by atoms with Gasteiger partial charge in [-0.25, -0.2) is 9.59 Å². The third-order valence-corrected chi connectivity index (χ3v) is 7.54. The number of benzene rings is 1. The summed E-state index contributed by atoms with van der Waals surface area (Å²) in [6.07, 6.45) is 13.9. The molecule has 0 atom stereocenters. The minimum absolute atomic E-state index is 0.00973. The molecule has 262 valence electrons. The van der Waals surface area contributed by atoms with Crippen LogP contribution in [0.5, 0.6) is 0 Å². The Hall–Kier alpha value is -3.56. The minimum Gasteiger partial charge on any atom is -0.460 e. The summed E-state index contributed by atoms with van der Waals surface area (Å²) in [6, 6.07) is 4.22. The lowest BCUT2D eigenvalue weighted by atomic mass is 9.97. The third-order valence-electron chi connectivity index (χ3n) is 7.54. The molecule has 10 heteroatoms. The summed E-state index contributed by atoms with van der Waals surface area (Å²) in [4.78, 5) is 78.9. The highest BCUT2D eigenvalue weighted by Gasteiger charge is 2.33. The van der Waals surface area contributed by atoms with Crippen molar-refractivity contribution in [2.75, 3.05) is 0 Å². The molecule has 2 rings (SSSR count). The van der Waals surface area contributed by atoms with Crippen LogP contribution in [0, 0.1) is 0 Å². The Kier molecular flexibility index (Phi) is 16.3. The first kappa shape index (κ1) is 39.6. The van der Waals surface area contributed by atoms with Crippen molar-refractivity contribution in [2.24, 2.45) is 0 Å². The summed E-state index contributed by atoms with van der Waals surface area (Å²) in [7, 11) is 0. The number of rotatable bonds is 20. The molecule has 10 nitrogen and oxygen atoms in total. The van der Waals surface area contributed by atoms with Crippen LogP contribution in [-0.2, 0) is 39.9 Å². The smallest absolute Gasteiger partial charge is 0.363 e. The Morgan fingerprint density at radius 2 is 1.11 bits per heavy atom. The molecule has 0 bridgehead atoms. The topological polar surface area (TPSA) is 133 Å². The Bertz CT molecular complexity index is 1220. The quantitative estimate of drug-likeness (QED) is 0.0783. The standard InChI is InChI=1S/C37H55NO9/c1-36(2,3)45-33(42)20-18-16-14-12-10-8-7-9-11-13-15-17-19-29(39)25-27-21-22-28(26-30(27)35(44)46-37(4,5)6)34(43)47-38-31(40)23-24-32(38)41/h21-22,26H,7-20,23-25H2,1-6H3. The van der Waals surface area contributed by atoms with Crippen LogP contribution in [0.15, 0.2) is 18.2 Å². The number of hydrogen-bond donors (Lipinski definition) is 0. The summed E-state index contributed by atoms with van der Waals surface area (Å²) >= 11 is 0. The van der Waals surface area contributed by atoms with Crippen molar-refractivity contribution in [1.82, 2.24) is 5.06 Å². The molecule has 47 heavy (non-hydrogen) atoms. The van der Waals surface area contributed by atoms with Gasteiger partial charge in [0.25, 0.3) is 11.8 Å². The number of esters is 2. The number of hydroxylamine groups is 2. The molecule has 1 aliphatic rings. The first-order chi connectivity index (χ1) is 22.1. The lowest BCUT2D eigenvalue weighted by molar-refractivity contribution is -0.172. The van der Waals surface area contributed by atoms with Crippen molar-refractivity contribution in [1.29, 1.82) is 0 Å². The minimum atomic E-state index is -0.955. The van der Waals surface area contributed by atoms with E-state index in [4.69, 9.17) is 14.3 Å². The molecule has 0 aliphatic carbocycles. The van der Waals surface area contributed by atoms with Gasteiger partial charge in [-0.2, -0.15) is 0 Å². The fourth-order valence-corrected chi connectivity index (χ4v) is 5.23. The highest BCUT2D eigenvalue weighted by molar-refractivity contribution is 6.03. The first-order valence-corrected chi connectivity index (χ1v) is 17.2. The van der Waals surface area contributed by atoms with Gasteiger partial charge in [-0.3, -0.25) is 19.2 Å². The number of imide groups is 1. The number of unbranched alkanes of at least 4 members (excludes halogenated alkanes) is 11. The van der Waals surface area contributed by atoms with E-state index in [2.05, 4.69) is 0 Å². The van der Waals surface area contributed by atoms with Gasteiger partial charge < -0.3 is 14.3 Å². The molecule has 1 saturated heterocycles. The van der Waals surface area contributed by atoms with Crippen LogP contribution >= 0.6 is 0 Å². The number of carbonyl (C=O) groups is 6. The molecule has 0 spiro atoms. The largest absolute Gasteiger partial charge is 0.460 e. The van der Waals surface area contributed by atoms with Gasteiger partial charge in [-0.1, -0.05) is 70.3 Å². The van der Waals surface area contributed by atoms with E-state index >= 15 is 0 Å². The van der Waals surface area contributed by atoms with Crippen LogP contribution in [-0.4, -0.2) is 51.8 Å². The number of nitrogens with zero attached hydrogens (tertiary/aromatic N) is 1. The molecule has 1 fully saturated rings. The number of Topliss-reactive ketones (excluding diaryl/α,β-unsaturated/α-hetero) is 1. The van der Waals surface area contributed by atoms with Gasteiger partial charge in [0.15, 0.2) is 0 Å². The van der Waals surface area contributed by atoms with Gasteiger partial charge in [-0.05, 0) is 72.1 Å². The predicted molar refractivity (Wildman–Crippen MR) is 177 cm³/mol. The van der Waals surface area contributed by atoms with Gasteiger partial charge >= 0.3 is 17.9 Å². The molecular weight excluding hydrogens is 602 g/mol. The molecule has 0 aromatic heterocycles. The molecule has 1 aromatic rings. The third kappa shape index (κ3) is 16.2. The van der Waals surface area contributed by atoms with Crippen molar-refractivity contribution < 1.29 is 43.1 Å². The predicted octanol–water partition coefficient (Wildman–Crippen LogP) is 7.78. The number of ketones is 1. The summed E-state index contributed by atoms with van der Waals surface area (Å²) < 4.78 is 10.9. The van der Waals surface area contributed by atoms with Crippen molar-refractivity contribution in [2.45, 2.75) is 162 Å². The van der Waals surface area contributed by atoms with Crippen LogP contribution in [0.25, 0.3) is 0 Å². The van der Waals surface area contributed by atoms with E-state index in [-0.39, 0.29) is 42.1 Å². The average molecular weight is 658 g/mol. The van der Waals surface area contributed by atoms with Crippen molar-refractivity contribution in [3.05, 3.63) is 34.9 Å². The number of ether oxygens (including phenoxy) is 2. The Balaban J connectivity index is 1.69. The van der Waals surface area contributed by atoms with E-state index < -0.39 is 35.0 Å². The zero-order valence-electron chi connectivity index (χ0n) is 29.4. The maximum Gasteiger partial charge on any atom is 0.363 e. The summed E-state index contributed by atoms with van der Waals surface area (Å²) in [5, 5.41) is 0.452. The van der Waals surface area contributed by atoms with E-state index in [9.17, 15) is 28.8 Å². The lowest BCUT2D eigenvalue weighted by Gasteiger charge is -2.21. The SMILES string of the molecule is CC(C)(C)OC(=O)CCCCCCCCCCCCCCC(=O)Cc1ccc(C(=O)ON2C(=O)CCC2=O)cc1C(=O)OC(C)(C)C. The lowest BCUT2D eigenvalue weighted by Crippen LogP contribution is -2.32. The van der Waals surface area contributed by atoms with Crippen molar-refractivity contribution in [3.63, 3.8) is 0 Å². The van der Waals surface area contributed by atoms with Crippen molar-refractivity contribution in [3.8, 4) is 0 Å². The van der Waals surface area contributed by atoms with Gasteiger partial charge in [0.1, 0.15) is 17.0 Å². The van der Waals surface area contributed by atoms with Gasteiger partial charge in [0.2, 0.25) is 0 Å². The fourth-order valence-electron chi connectivity index (χ4n) is 5.23. The van der Waals surface area contributed by atoms with E-state index in [1.165, 1.54) is 50.3 Å². The zero-order valence-corrected chi connectivity index (χ0v) is 29.4. The van der Waals surface area contributed by atoms with Crippen molar-refractivity contribution >= 4 is 35.5 Å². The van der Waals surface area contributed by atoms with Crippen LogP contribution in [0.1, 0.15) is 171 Å². The maximum atomic E-state index is 13.0.